The molecule has 0 aromatic heterocycles. The van der Waals surface area contributed by atoms with Gasteiger partial charge in [-0.2, -0.15) is 0 Å². The molecule has 12 heteroatoms. The third kappa shape index (κ3) is 2050. The fraction of sp³-hybridized carbons (Fsp3) is 0. The Morgan fingerprint density at radius 3 is 0.667 bits per heavy atom. The topological polar surface area (TPSA) is 238 Å². The molecular weight excluding hydrogens is 303 g/mol. The number of hydrogen-bond donors (Lipinski definition) is 0. The molecule has 0 aromatic rings. The Bertz CT molecular complexity index is 33.5. The van der Waals surface area contributed by atoms with Crippen molar-refractivity contribution in [3.05, 3.63) is 0 Å². The molecule has 0 fully saturated rings. The van der Waals surface area contributed by atoms with E-state index in [0.717, 1.165) is 0 Å². The fourth-order valence-electron chi connectivity index (χ4n) is 0. The molecule has 0 rings (SSSR count). The predicted octanol–water partition coefficient (Wildman–Crippen LogP) is -7.88. The summed E-state index contributed by atoms with van der Waals surface area (Å²) in [6.07, 6.45) is 0. The van der Waals surface area contributed by atoms with Crippen LogP contribution in [0.1, 0.15) is 0 Å². The zero-order valence-corrected chi connectivity index (χ0v) is 10.4. The van der Waals surface area contributed by atoms with Crippen LogP contribution >= 0.6 is 0 Å². The molecule has 0 unspecified atom stereocenters. The van der Waals surface area contributed by atoms with Crippen LogP contribution in [0.3, 0.4) is 0 Å². The molecule has 9 nitrogen and oxygen atoms in total. The van der Waals surface area contributed by atoms with Crippen LogP contribution in [0.5, 0.6) is 0 Å². The van der Waals surface area contributed by atoms with E-state index in [9.17, 15) is 0 Å². The van der Waals surface area contributed by atoms with Gasteiger partial charge < -0.3 is 27.4 Å². The zero-order chi connectivity index (χ0) is 5.41. The normalized spacial score (nSPS) is 1.33. The zero-order valence-electron chi connectivity index (χ0n) is 5.99. The summed E-state index contributed by atoms with van der Waals surface area (Å²) in [5.74, 6) is 0. The molecular formula is H10B2BaO9. The molecule has 0 atom stereocenters. The molecule has 0 saturated carbocycles. The van der Waals surface area contributed by atoms with Crippen LogP contribution < -0.4 is 10.0 Å². The van der Waals surface area contributed by atoms with E-state index in [4.69, 9.17) is 19.5 Å². The van der Waals surface area contributed by atoms with Gasteiger partial charge in [0.1, 0.15) is 0 Å². The summed E-state index contributed by atoms with van der Waals surface area (Å²) in [5, 5.41) is 16.5. The summed E-state index contributed by atoms with van der Waals surface area (Å²) < 4.78 is 16.5. The van der Waals surface area contributed by atoms with Crippen molar-refractivity contribution < 1.29 is 46.8 Å². The largest absolute Gasteiger partial charge is 2.00 e. The predicted molar refractivity (Wildman–Crippen MR) is 36.7 cm³/mol. The molecule has 0 aromatic carbocycles. The Hall–Kier alpha value is 0.701. The summed E-state index contributed by atoms with van der Waals surface area (Å²) in [4.78, 5) is 0. The van der Waals surface area contributed by atoms with Crippen molar-refractivity contribution in [2.24, 2.45) is 0 Å². The first-order chi connectivity index (χ1) is 2.83. The van der Waals surface area contributed by atoms with Crippen LogP contribution in [0.4, 0.5) is 0 Å². The van der Waals surface area contributed by atoms with Gasteiger partial charge in [0.05, 0.1) is 0 Å². The maximum Gasteiger partial charge on any atom is 2.00 e. The first kappa shape index (κ1) is 78.7. The Morgan fingerprint density at radius 1 is 0.667 bits per heavy atom. The third-order valence-electron chi connectivity index (χ3n) is 0. The van der Waals surface area contributed by atoms with E-state index in [-0.39, 0.29) is 76.3 Å². The smallest absolute Gasteiger partial charge is 2.00 e. The summed E-state index contributed by atoms with van der Waals surface area (Å²) in [7, 11) is -1.00. The molecule has 0 aliphatic rings. The van der Waals surface area contributed by atoms with Crippen molar-refractivity contribution in [1.82, 2.24) is 0 Å². The van der Waals surface area contributed by atoms with Crippen LogP contribution in [0, 0.1) is 0 Å². The minimum Gasteiger partial charge on any atom is 2.00 e. The minimum absolute atomic E-state index is 0. The average Bonchev–Trinajstić information content (AvgIpc) is 1.39. The van der Waals surface area contributed by atoms with Crippen LogP contribution in [0.15, 0.2) is 0 Å². The van der Waals surface area contributed by atoms with Gasteiger partial charge in [0, 0.05) is 0 Å². The minimum atomic E-state index is -0.500. The molecule has 0 radical (unpaired) electrons. The summed E-state index contributed by atoms with van der Waals surface area (Å²) >= 11 is 0. The molecule has 10 N–H and O–H groups in total. The van der Waals surface area contributed by atoms with Crippen molar-refractivity contribution in [3.63, 3.8) is 0 Å². The van der Waals surface area contributed by atoms with Gasteiger partial charge in [-0.25, -0.2) is 0 Å². The van der Waals surface area contributed by atoms with Crippen LogP contribution in [-0.4, -0.2) is 91.0 Å². The van der Waals surface area contributed by atoms with Gasteiger partial charge in [-0.3, -0.25) is 0 Å². The van der Waals surface area contributed by atoms with Gasteiger partial charge in [0.25, 0.3) is 0 Å². The Kier molecular flexibility index (Phi) is 1200. The molecule has 12 heavy (non-hydrogen) atoms. The van der Waals surface area contributed by atoms with Crippen molar-refractivity contribution in [2.45, 2.75) is 0 Å². The van der Waals surface area contributed by atoms with E-state index in [0.29, 0.717) is 0 Å². The van der Waals surface area contributed by atoms with Crippen molar-refractivity contribution >= 4 is 63.6 Å². The van der Waals surface area contributed by atoms with Crippen molar-refractivity contribution in [1.29, 1.82) is 0 Å². The van der Waals surface area contributed by atoms with Crippen LogP contribution in [0.2, 0.25) is 0 Å². The van der Waals surface area contributed by atoms with E-state index in [1.807, 2.05) is 0 Å². The third-order valence-corrected chi connectivity index (χ3v) is 0. The number of rotatable bonds is 0. The van der Waals surface area contributed by atoms with Gasteiger partial charge in [-0.1, -0.05) is 0 Å². The maximum atomic E-state index is 8.25. The second-order valence-corrected chi connectivity index (χ2v) is 0.192. The summed E-state index contributed by atoms with van der Waals surface area (Å²) in [6.45, 7) is 0. The van der Waals surface area contributed by atoms with Gasteiger partial charge >= 0.3 is 83.0 Å². The average molecular weight is 313 g/mol. The van der Waals surface area contributed by atoms with Crippen LogP contribution in [-0.2, 0) is 9.41 Å². The second-order valence-electron chi connectivity index (χ2n) is 0.192. The van der Waals surface area contributed by atoms with Gasteiger partial charge in [0.2, 0.25) is 0 Å². The Labute approximate surface area is 109 Å². The first-order valence-electron chi connectivity index (χ1n) is 0.943. The number of hydrogen-bond acceptors (Lipinski definition) is 4. The molecule has 0 aliphatic heterocycles. The SMILES string of the molecule is O.O.O.O.O.O=B[O-].O=B[O-].[Ba+2]. The van der Waals surface area contributed by atoms with Gasteiger partial charge in [-0.15, -0.1) is 0 Å². The van der Waals surface area contributed by atoms with E-state index < -0.39 is 14.7 Å². The van der Waals surface area contributed by atoms with Gasteiger partial charge in [0.15, 0.2) is 0 Å². The second kappa shape index (κ2) is 184. The fourth-order valence-corrected chi connectivity index (χ4v) is 0. The maximum absolute atomic E-state index is 8.25. The van der Waals surface area contributed by atoms with Crippen molar-refractivity contribution in [2.75, 3.05) is 0 Å². The molecule has 0 bridgehead atoms. The first-order valence-corrected chi connectivity index (χ1v) is 0.943. The van der Waals surface area contributed by atoms with Crippen molar-refractivity contribution in [3.8, 4) is 0 Å². The Balaban J connectivity index is -0.00000000296. The Morgan fingerprint density at radius 2 is 0.667 bits per heavy atom. The quantitative estimate of drug-likeness (QED) is 0.395. The summed E-state index contributed by atoms with van der Waals surface area (Å²) in [6, 6.07) is 0. The molecule has 72 valence electrons. The summed E-state index contributed by atoms with van der Waals surface area (Å²) in [5.41, 5.74) is 0. The monoisotopic (exact) mass is 314 g/mol. The van der Waals surface area contributed by atoms with E-state index in [1.54, 1.807) is 0 Å². The van der Waals surface area contributed by atoms with Gasteiger partial charge in [-0.05, 0) is 0 Å². The molecule has 0 aliphatic carbocycles. The van der Waals surface area contributed by atoms with E-state index in [1.165, 1.54) is 0 Å². The molecule has 0 spiro atoms. The molecule has 0 saturated heterocycles. The molecule has 0 amide bonds. The van der Waals surface area contributed by atoms with E-state index >= 15 is 0 Å². The van der Waals surface area contributed by atoms with E-state index in [2.05, 4.69) is 0 Å². The van der Waals surface area contributed by atoms with Crippen LogP contribution in [0.25, 0.3) is 0 Å². The molecule has 0 heterocycles. The standard InChI is InChI=1S/2BO2.Ba.5H2O/c2*2-1-3;;;;;;/h;;;5*1H2/q2*-1;+2;;;;;.